The summed E-state index contributed by atoms with van der Waals surface area (Å²) < 4.78 is 6.59. The molecule has 1 aromatic rings. The normalized spacial score (nSPS) is 19.6. The van der Waals surface area contributed by atoms with Gasteiger partial charge in [0, 0.05) is 0 Å². The van der Waals surface area contributed by atoms with E-state index >= 15 is 0 Å². The van der Waals surface area contributed by atoms with Gasteiger partial charge in [0.1, 0.15) is 0 Å². The van der Waals surface area contributed by atoms with E-state index in [1.54, 1.807) is 7.11 Å². The van der Waals surface area contributed by atoms with E-state index in [1.807, 2.05) is 18.2 Å². The SMILES string of the molecule is COc1ccccc1[Se]C[C@@H]1CCC(=O)N1. The van der Waals surface area contributed by atoms with E-state index in [0.717, 1.165) is 17.5 Å². The summed E-state index contributed by atoms with van der Waals surface area (Å²) >= 11 is 0.370. The quantitative estimate of drug-likeness (QED) is 0.828. The van der Waals surface area contributed by atoms with Crippen LogP contribution in [0.15, 0.2) is 24.3 Å². The minimum absolute atomic E-state index is 0.195. The van der Waals surface area contributed by atoms with Crippen LogP contribution in [0.4, 0.5) is 0 Å². The van der Waals surface area contributed by atoms with Gasteiger partial charge in [-0.25, -0.2) is 0 Å². The van der Waals surface area contributed by atoms with Crippen molar-refractivity contribution >= 4 is 25.3 Å². The average molecular weight is 284 g/mol. The van der Waals surface area contributed by atoms with Gasteiger partial charge in [-0.15, -0.1) is 0 Å². The summed E-state index contributed by atoms with van der Waals surface area (Å²) in [5.41, 5.74) is 0. The number of para-hydroxylation sites is 1. The molecule has 2 rings (SSSR count). The predicted octanol–water partition coefficient (Wildman–Crippen LogP) is 0.722. The summed E-state index contributed by atoms with van der Waals surface area (Å²) in [5.74, 6) is 1.16. The van der Waals surface area contributed by atoms with Crippen molar-refractivity contribution < 1.29 is 9.53 Å². The van der Waals surface area contributed by atoms with E-state index in [2.05, 4.69) is 11.4 Å². The molecule has 0 saturated carbocycles. The maximum absolute atomic E-state index is 11.1. The van der Waals surface area contributed by atoms with Crippen molar-refractivity contribution in [1.29, 1.82) is 0 Å². The third kappa shape index (κ3) is 2.77. The Hall–Kier alpha value is -0.991. The van der Waals surface area contributed by atoms with E-state index in [-0.39, 0.29) is 5.91 Å². The number of ether oxygens (including phenoxy) is 1. The van der Waals surface area contributed by atoms with E-state index in [1.165, 1.54) is 4.46 Å². The van der Waals surface area contributed by atoms with Crippen LogP contribution in [0.25, 0.3) is 0 Å². The molecule has 1 amide bonds. The number of carbonyl (C=O) groups excluding carboxylic acids is 1. The Morgan fingerprint density at radius 3 is 3.00 bits per heavy atom. The van der Waals surface area contributed by atoms with Crippen molar-refractivity contribution in [3.8, 4) is 5.75 Å². The standard InChI is InChI=1S/C12H15NO2Se/c1-15-10-4-2-3-5-11(10)16-8-9-6-7-12(14)13-9/h2-5,9H,6-8H2,1H3,(H,13,14)/t9-/m0/s1. The third-order valence-electron chi connectivity index (χ3n) is 2.59. The van der Waals surface area contributed by atoms with Crippen molar-refractivity contribution in [3.05, 3.63) is 24.3 Å². The molecule has 1 heterocycles. The zero-order valence-corrected chi connectivity index (χ0v) is 10.9. The molecule has 0 radical (unpaired) electrons. The molecule has 0 unspecified atom stereocenters. The van der Waals surface area contributed by atoms with Crippen molar-refractivity contribution in [3.63, 3.8) is 0 Å². The molecule has 0 spiro atoms. The summed E-state index contributed by atoms with van der Waals surface area (Å²) in [7, 11) is 1.70. The minimum atomic E-state index is 0.195. The molecule has 0 aromatic heterocycles. The number of methoxy groups -OCH3 is 1. The molecule has 1 fully saturated rings. The van der Waals surface area contributed by atoms with Crippen LogP contribution in [0.3, 0.4) is 0 Å². The van der Waals surface area contributed by atoms with Crippen LogP contribution in [0.5, 0.6) is 5.75 Å². The monoisotopic (exact) mass is 285 g/mol. The second kappa shape index (κ2) is 5.37. The number of hydrogen-bond donors (Lipinski definition) is 1. The Bertz CT molecular complexity index is 381. The van der Waals surface area contributed by atoms with Gasteiger partial charge in [-0.1, -0.05) is 0 Å². The summed E-state index contributed by atoms with van der Waals surface area (Å²) in [6.07, 6.45) is 1.67. The van der Waals surface area contributed by atoms with Crippen LogP contribution in [0, 0.1) is 0 Å². The molecule has 16 heavy (non-hydrogen) atoms. The molecule has 1 aliphatic heterocycles. The van der Waals surface area contributed by atoms with Gasteiger partial charge < -0.3 is 0 Å². The predicted molar refractivity (Wildman–Crippen MR) is 64.4 cm³/mol. The fraction of sp³-hybridized carbons (Fsp3) is 0.417. The Morgan fingerprint density at radius 1 is 1.50 bits per heavy atom. The first kappa shape index (κ1) is 11.5. The molecule has 86 valence electrons. The number of hydrogen-bond acceptors (Lipinski definition) is 2. The first-order chi connectivity index (χ1) is 7.79. The molecule has 1 aliphatic rings. The van der Waals surface area contributed by atoms with Crippen LogP contribution >= 0.6 is 0 Å². The van der Waals surface area contributed by atoms with Crippen LogP contribution in [0.2, 0.25) is 5.32 Å². The van der Waals surface area contributed by atoms with E-state index < -0.39 is 0 Å². The van der Waals surface area contributed by atoms with Crippen LogP contribution < -0.4 is 14.5 Å². The molecule has 1 saturated heterocycles. The van der Waals surface area contributed by atoms with E-state index in [9.17, 15) is 4.79 Å². The molecular formula is C12H15NO2Se. The zero-order valence-electron chi connectivity index (χ0n) is 9.23. The Kier molecular flexibility index (Phi) is 3.86. The zero-order chi connectivity index (χ0) is 11.4. The number of carbonyl (C=O) groups is 1. The van der Waals surface area contributed by atoms with Gasteiger partial charge in [-0.2, -0.15) is 0 Å². The van der Waals surface area contributed by atoms with Gasteiger partial charge in [0.25, 0.3) is 0 Å². The average Bonchev–Trinajstić information content (AvgIpc) is 2.73. The van der Waals surface area contributed by atoms with Gasteiger partial charge in [0.05, 0.1) is 0 Å². The van der Waals surface area contributed by atoms with Crippen LogP contribution in [-0.2, 0) is 4.79 Å². The molecule has 0 bridgehead atoms. The third-order valence-corrected chi connectivity index (χ3v) is 5.15. The number of nitrogens with one attached hydrogen (secondary N) is 1. The topological polar surface area (TPSA) is 38.3 Å². The van der Waals surface area contributed by atoms with Crippen molar-refractivity contribution in [1.82, 2.24) is 5.32 Å². The summed E-state index contributed by atoms with van der Waals surface area (Å²) in [6, 6.07) is 8.49. The molecule has 0 aliphatic carbocycles. The molecule has 3 nitrogen and oxygen atoms in total. The van der Waals surface area contributed by atoms with Crippen molar-refractivity contribution in [2.45, 2.75) is 24.2 Å². The van der Waals surface area contributed by atoms with Gasteiger partial charge in [0.2, 0.25) is 0 Å². The van der Waals surface area contributed by atoms with E-state index in [4.69, 9.17) is 4.74 Å². The summed E-state index contributed by atoms with van der Waals surface area (Å²) in [5, 5.41) is 4.05. The first-order valence-electron chi connectivity index (χ1n) is 5.35. The van der Waals surface area contributed by atoms with Crippen molar-refractivity contribution in [2.24, 2.45) is 0 Å². The van der Waals surface area contributed by atoms with Gasteiger partial charge in [0.15, 0.2) is 0 Å². The Morgan fingerprint density at radius 2 is 2.31 bits per heavy atom. The number of benzene rings is 1. The number of amides is 1. The summed E-state index contributed by atoms with van der Waals surface area (Å²) in [6.45, 7) is 0. The van der Waals surface area contributed by atoms with Gasteiger partial charge >= 0.3 is 102 Å². The Labute approximate surface area is 102 Å². The number of rotatable bonds is 4. The van der Waals surface area contributed by atoms with Crippen molar-refractivity contribution in [2.75, 3.05) is 7.11 Å². The molecule has 1 N–H and O–H groups in total. The van der Waals surface area contributed by atoms with E-state index in [0.29, 0.717) is 27.4 Å². The van der Waals surface area contributed by atoms with Crippen LogP contribution in [0.1, 0.15) is 12.8 Å². The van der Waals surface area contributed by atoms with Gasteiger partial charge in [-0.05, 0) is 0 Å². The molecule has 1 aromatic carbocycles. The maximum atomic E-state index is 11.1. The fourth-order valence-corrected chi connectivity index (χ4v) is 4.04. The fourth-order valence-electron chi connectivity index (χ4n) is 1.73. The van der Waals surface area contributed by atoms with Gasteiger partial charge in [-0.3, -0.25) is 0 Å². The second-order valence-corrected chi connectivity index (χ2v) is 5.99. The molecule has 1 atom stereocenters. The van der Waals surface area contributed by atoms with Crippen LogP contribution in [-0.4, -0.2) is 34.0 Å². The second-order valence-electron chi connectivity index (χ2n) is 3.76. The first-order valence-corrected chi connectivity index (χ1v) is 7.41. The Balaban J connectivity index is 1.91. The molecular weight excluding hydrogens is 269 g/mol. The molecule has 4 heteroatoms. The summed E-state index contributed by atoms with van der Waals surface area (Å²) in [4.78, 5) is 11.1.